The maximum atomic E-state index is 13.3. The Morgan fingerprint density at radius 3 is 2.62 bits per heavy atom. The lowest BCUT2D eigenvalue weighted by Crippen LogP contribution is -1.85. The van der Waals surface area contributed by atoms with E-state index in [1.165, 1.54) is 6.07 Å². The summed E-state index contributed by atoms with van der Waals surface area (Å²) in [6, 6.07) is 6.50. The van der Waals surface area contributed by atoms with Crippen LogP contribution in [0.2, 0.25) is 0 Å². The third kappa shape index (κ3) is 1.30. The van der Waals surface area contributed by atoms with Gasteiger partial charge >= 0.3 is 0 Å². The van der Waals surface area contributed by atoms with Crippen molar-refractivity contribution in [1.29, 1.82) is 0 Å². The average Bonchev–Trinajstić information content (AvgIpc) is 2.52. The van der Waals surface area contributed by atoms with Crippen LogP contribution in [-0.4, -0.2) is 15.4 Å². The van der Waals surface area contributed by atoms with E-state index in [0.29, 0.717) is 17.0 Å². The minimum Gasteiger partial charge on any atom is -0.206 e. The molecule has 13 heavy (non-hydrogen) atoms. The summed E-state index contributed by atoms with van der Waals surface area (Å²) in [6.45, 7) is 1.78. The van der Waals surface area contributed by atoms with Gasteiger partial charge in [0.1, 0.15) is 11.5 Å². The molecule has 0 spiro atoms. The predicted molar refractivity (Wildman–Crippen MR) is 46.5 cm³/mol. The number of nitrogens with zero attached hydrogens (tertiary/aromatic N) is 2. The van der Waals surface area contributed by atoms with Crippen LogP contribution in [0.1, 0.15) is 5.69 Å². The lowest BCUT2D eigenvalue weighted by Gasteiger charge is -1.97. The van der Waals surface area contributed by atoms with Gasteiger partial charge in [-0.2, -0.15) is 15.4 Å². The summed E-state index contributed by atoms with van der Waals surface area (Å²) < 4.78 is 13.3. The maximum Gasteiger partial charge on any atom is 0.132 e. The van der Waals surface area contributed by atoms with Gasteiger partial charge in [0.05, 0.1) is 5.69 Å². The number of aromatic nitrogens is 3. The van der Waals surface area contributed by atoms with Gasteiger partial charge in [-0.1, -0.05) is 12.1 Å². The lowest BCUT2D eigenvalue weighted by molar-refractivity contribution is 0.630. The third-order valence-corrected chi connectivity index (χ3v) is 1.85. The van der Waals surface area contributed by atoms with Gasteiger partial charge in [0.15, 0.2) is 0 Å². The number of aromatic amines is 1. The molecule has 0 aliphatic carbocycles. The normalized spacial score (nSPS) is 10.3. The Bertz CT molecular complexity index is 422. The average molecular weight is 177 g/mol. The Labute approximate surface area is 74.6 Å². The zero-order valence-corrected chi connectivity index (χ0v) is 7.08. The molecule has 66 valence electrons. The highest BCUT2D eigenvalue weighted by Gasteiger charge is 2.09. The minimum atomic E-state index is -0.278. The molecule has 0 aliphatic heterocycles. The van der Waals surface area contributed by atoms with Crippen molar-refractivity contribution in [2.45, 2.75) is 6.92 Å². The van der Waals surface area contributed by atoms with Crippen molar-refractivity contribution < 1.29 is 4.39 Å². The van der Waals surface area contributed by atoms with Crippen LogP contribution in [0.15, 0.2) is 24.3 Å². The molecule has 1 N–H and O–H groups in total. The van der Waals surface area contributed by atoms with Crippen LogP contribution in [0.4, 0.5) is 4.39 Å². The Balaban J connectivity index is 2.59. The number of nitrogens with one attached hydrogen (secondary N) is 1. The molecule has 1 aromatic carbocycles. The summed E-state index contributed by atoms with van der Waals surface area (Å²) >= 11 is 0. The molecule has 3 nitrogen and oxygen atoms in total. The van der Waals surface area contributed by atoms with Crippen LogP contribution in [0.25, 0.3) is 11.3 Å². The van der Waals surface area contributed by atoms with E-state index in [0.717, 1.165) is 0 Å². The SMILES string of the molecule is Cc1n[nH]nc1-c1ccccc1F. The first-order valence-corrected chi connectivity index (χ1v) is 3.91. The van der Waals surface area contributed by atoms with Crippen LogP contribution in [0.5, 0.6) is 0 Å². The Morgan fingerprint density at radius 1 is 1.23 bits per heavy atom. The van der Waals surface area contributed by atoms with Gasteiger partial charge in [-0.25, -0.2) is 4.39 Å². The van der Waals surface area contributed by atoms with Gasteiger partial charge < -0.3 is 0 Å². The van der Waals surface area contributed by atoms with Crippen LogP contribution in [0.3, 0.4) is 0 Å². The molecule has 0 radical (unpaired) electrons. The van der Waals surface area contributed by atoms with Gasteiger partial charge in [0.25, 0.3) is 0 Å². The van der Waals surface area contributed by atoms with E-state index < -0.39 is 0 Å². The molecule has 0 bridgehead atoms. The van der Waals surface area contributed by atoms with Gasteiger partial charge in [0, 0.05) is 5.56 Å². The number of H-pyrrole nitrogens is 1. The van der Waals surface area contributed by atoms with Crippen molar-refractivity contribution in [2.75, 3.05) is 0 Å². The van der Waals surface area contributed by atoms with E-state index in [4.69, 9.17) is 0 Å². The van der Waals surface area contributed by atoms with Gasteiger partial charge in [-0.3, -0.25) is 0 Å². The molecule has 2 rings (SSSR count). The summed E-state index contributed by atoms with van der Waals surface area (Å²) in [4.78, 5) is 0. The third-order valence-electron chi connectivity index (χ3n) is 1.85. The molecular weight excluding hydrogens is 169 g/mol. The molecule has 0 amide bonds. The summed E-state index contributed by atoms with van der Waals surface area (Å²) in [7, 11) is 0. The highest BCUT2D eigenvalue weighted by Crippen LogP contribution is 2.21. The first-order chi connectivity index (χ1) is 6.29. The predicted octanol–water partition coefficient (Wildman–Crippen LogP) is 1.92. The van der Waals surface area contributed by atoms with Crippen molar-refractivity contribution in [3.05, 3.63) is 35.8 Å². The second kappa shape index (κ2) is 2.97. The molecule has 1 heterocycles. The Morgan fingerprint density at radius 2 is 2.00 bits per heavy atom. The van der Waals surface area contributed by atoms with Crippen molar-refractivity contribution in [3.8, 4) is 11.3 Å². The molecule has 0 atom stereocenters. The van der Waals surface area contributed by atoms with Gasteiger partial charge in [-0.15, -0.1) is 0 Å². The molecule has 2 aromatic rings. The van der Waals surface area contributed by atoms with E-state index in [2.05, 4.69) is 15.4 Å². The van der Waals surface area contributed by atoms with E-state index in [1.54, 1.807) is 25.1 Å². The monoisotopic (exact) mass is 177 g/mol. The first-order valence-electron chi connectivity index (χ1n) is 3.91. The molecule has 0 aliphatic rings. The van der Waals surface area contributed by atoms with Crippen molar-refractivity contribution in [2.24, 2.45) is 0 Å². The van der Waals surface area contributed by atoms with Crippen molar-refractivity contribution in [3.63, 3.8) is 0 Å². The van der Waals surface area contributed by atoms with Gasteiger partial charge in [0.2, 0.25) is 0 Å². The van der Waals surface area contributed by atoms with Crippen LogP contribution >= 0.6 is 0 Å². The summed E-state index contributed by atoms with van der Waals surface area (Å²) in [6.07, 6.45) is 0. The Kier molecular flexibility index (Phi) is 1.81. The second-order valence-electron chi connectivity index (χ2n) is 2.74. The smallest absolute Gasteiger partial charge is 0.132 e. The molecule has 0 fully saturated rings. The largest absolute Gasteiger partial charge is 0.206 e. The van der Waals surface area contributed by atoms with Crippen LogP contribution in [-0.2, 0) is 0 Å². The van der Waals surface area contributed by atoms with E-state index in [-0.39, 0.29) is 5.82 Å². The summed E-state index contributed by atoms with van der Waals surface area (Å²) in [5.74, 6) is -0.278. The quantitative estimate of drug-likeness (QED) is 0.723. The number of aryl methyl sites for hydroxylation is 1. The summed E-state index contributed by atoms with van der Waals surface area (Å²) in [5.41, 5.74) is 1.75. The zero-order chi connectivity index (χ0) is 9.26. The van der Waals surface area contributed by atoms with E-state index in [1.807, 2.05) is 0 Å². The van der Waals surface area contributed by atoms with Crippen LogP contribution in [0, 0.1) is 12.7 Å². The molecule has 0 saturated carbocycles. The van der Waals surface area contributed by atoms with E-state index in [9.17, 15) is 4.39 Å². The number of rotatable bonds is 1. The molecule has 4 heteroatoms. The molecule has 0 unspecified atom stereocenters. The minimum absolute atomic E-state index is 0.278. The highest BCUT2D eigenvalue weighted by atomic mass is 19.1. The molecule has 0 saturated heterocycles. The number of hydrogen-bond donors (Lipinski definition) is 1. The lowest BCUT2D eigenvalue weighted by atomic mass is 10.1. The zero-order valence-electron chi connectivity index (χ0n) is 7.08. The van der Waals surface area contributed by atoms with Gasteiger partial charge in [-0.05, 0) is 19.1 Å². The number of halogens is 1. The van der Waals surface area contributed by atoms with Crippen LogP contribution < -0.4 is 0 Å². The Hall–Kier alpha value is -1.71. The maximum absolute atomic E-state index is 13.3. The highest BCUT2D eigenvalue weighted by molar-refractivity contribution is 5.61. The topological polar surface area (TPSA) is 41.6 Å². The second-order valence-corrected chi connectivity index (χ2v) is 2.74. The standard InChI is InChI=1S/C9H8FN3/c1-6-9(12-13-11-6)7-4-2-3-5-8(7)10/h2-5H,1H3,(H,11,12,13). The first kappa shape index (κ1) is 7.91. The molecular formula is C9H8FN3. The van der Waals surface area contributed by atoms with E-state index >= 15 is 0 Å². The fraction of sp³-hybridized carbons (Fsp3) is 0.111. The van der Waals surface area contributed by atoms with Crippen molar-refractivity contribution in [1.82, 2.24) is 15.4 Å². The summed E-state index contributed by atoms with van der Waals surface area (Å²) in [5, 5.41) is 10.2. The van der Waals surface area contributed by atoms with Crippen molar-refractivity contribution >= 4 is 0 Å². The molecule has 1 aromatic heterocycles. The number of hydrogen-bond acceptors (Lipinski definition) is 2. The fourth-order valence-corrected chi connectivity index (χ4v) is 1.19. The number of benzene rings is 1. The fourth-order valence-electron chi connectivity index (χ4n) is 1.19.